The molecule has 3 N–H and O–H groups in total. The molecule has 2 rings (SSSR count). The summed E-state index contributed by atoms with van der Waals surface area (Å²) in [7, 11) is 0. The first-order valence-corrected chi connectivity index (χ1v) is 9.50. The number of nitrogens with zero attached hydrogens (tertiary/aromatic N) is 1. The van der Waals surface area contributed by atoms with Crippen LogP contribution in [0.1, 0.15) is 12.8 Å². The van der Waals surface area contributed by atoms with Crippen molar-refractivity contribution in [1.29, 1.82) is 0 Å². The minimum absolute atomic E-state index is 0.0367. The Hall–Kier alpha value is -1.73. The largest absolute Gasteiger partial charge is 0.492 e. The third-order valence-electron chi connectivity index (χ3n) is 3.90. The maximum atomic E-state index is 12.0. The Balaban J connectivity index is 1.71. The Labute approximate surface area is 147 Å². The van der Waals surface area contributed by atoms with Crippen LogP contribution in [0, 0.1) is 0 Å². The van der Waals surface area contributed by atoms with Gasteiger partial charge in [-0.2, -0.15) is 11.8 Å². The highest BCUT2D eigenvalue weighted by atomic mass is 32.2. The predicted molar refractivity (Wildman–Crippen MR) is 96.0 cm³/mol. The number of hydrogen-bond donors (Lipinski definition) is 2. The van der Waals surface area contributed by atoms with Crippen molar-refractivity contribution in [3.63, 3.8) is 0 Å². The molecule has 132 valence electrons. The van der Waals surface area contributed by atoms with E-state index in [1.54, 1.807) is 16.7 Å². The topological polar surface area (TPSA) is 84.7 Å². The fourth-order valence-corrected chi connectivity index (χ4v) is 3.05. The second-order valence-corrected chi connectivity index (χ2v) is 6.78. The lowest BCUT2D eigenvalue weighted by Crippen LogP contribution is -2.46. The molecular formula is C17H25N3O3S. The molecule has 1 aromatic rings. The molecule has 0 spiro atoms. The molecule has 0 saturated carbocycles. The molecule has 2 atom stereocenters. The molecule has 1 aliphatic rings. The van der Waals surface area contributed by atoms with Crippen LogP contribution >= 0.6 is 11.8 Å². The van der Waals surface area contributed by atoms with Crippen LogP contribution in [0.3, 0.4) is 0 Å². The van der Waals surface area contributed by atoms with Gasteiger partial charge in [-0.15, -0.1) is 0 Å². The lowest BCUT2D eigenvalue weighted by atomic mass is 10.2. The Morgan fingerprint density at radius 1 is 1.46 bits per heavy atom. The summed E-state index contributed by atoms with van der Waals surface area (Å²) in [5.74, 6) is 1.49. The van der Waals surface area contributed by atoms with E-state index in [4.69, 9.17) is 10.5 Å². The number of carbonyl (C=O) groups excluding carboxylic acids is 2. The molecule has 24 heavy (non-hydrogen) atoms. The summed E-state index contributed by atoms with van der Waals surface area (Å²) >= 11 is 1.66. The quantitative estimate of drug-likeness (QED) is 0.689. The van der Waals surface area contributed by atoms with Gasteiger partial charge in [-0.25, -0.2) is 0 Å². The third kappa shape index (κ3) is 5.72. The second kappa shape index (κ2) is 9.54. The van der Waals surface area contributed by atoms with Gasteiger partial charge in [0.15, 0.2) is 0 Å². The van der Waals surface area contributed by atoms with E-state index in [1.807, 2.05) is 36.6 Å². The highest BCUT2D eigenvalue weighted by Gasteiger charge is 2.31. The summed E-state index contributed by atoms with van der Waals surface area (Å²) in [6, 6.07) is 8.82. The lowest BCUT2D eigenvalue weighted by Gasteiger charge is -2.18. The Bertz CT molecular complexity index is 541. The summed E-state index contributed by atoms with van der Waals surface area (Å²) < 4.78 is 5.61. The Morgan fingerprint density at radius 3 is 2.92 bits per heavy atom. The van der Waals surface area contributed by atoms with Crippen molar-refractivity contribution >= 4 is 23.6 Å². The summed E-state index contributed by atoms with van der Waals surface area (Å²) in [4.78, 5) is 25.8. The molecule has 0 bridgehead atoms. The van der Waals surface area contributed by atoms with Gasteiger partial charge in [0, 0.05) is 13.0 Å². The average Bonchev–Trinajstić information content (AvgIpc) is 2.93. The van der Waals surface area contributed by atoms with E-state index in [-0.39, 0.29) is 17.9 Å². The number of nitrogens with one attached hydrogen (secondary N) is 1. The number of ether oxygens (including phenoxy) is 1. The van der Waals surface area contributed by atoms with Crippen molar-refractivity contribution < 1.29 is 14.3 Å². The first-order chi connectivity index (χ1) is 11.6. The van der Waals surface area contributed by atoms with E-state index < -0.39 is 6.04 Å². The van der Waals surface area contributed by atoms with Crippen LogP contribution in [0.25, 0.3) is 0 Å². The molecule has 1 aromatic carbocycles. The van der Waals surface area contributed by atoms with Gasteiger partial charge in [0.1, 0.15) is 12.4 Å². The fourth-order valence-electron chi connectivity index (χ4n) is 2.56. The summed E-state index contributed by atoms with van der Waals surface area (Å²) in [5, 5.41) is 2.88. The van der Waals surface area contributed by atoms with Gasteiger partial charge in [-0.3, -0.25) is 9.59 Å². The summed E-state index contributed by atoms with van der Waals surface area (Å²) in [6.45, 7) is 1.46. The van der Waals surface area contributed by atoms with Crippen molar-refractivity contribution in [2.45, 2.75) is 24.9 Å². The van der Waals surface area contributed by atoms with Crippen LogP contribution in [0.2, 0.25) is 0 Å². The molecule has 1 aliphatic heterocycles. The zero-order valence-corrected chi connectivity index (χ0v) is 14.8. The van der Waals surface area contributed by atoms with Crippen molar-refractivity contribution in [1.82, 2.24) is 10.2 Å². The number of rotatable bonds is 9. The first kappa shape index (κ1) is 18.6. The molecular weight excluding hydrogens is 326 g/mol. The fraction of sp³-hybridized carbons (Fsp3) is 0.529. The van der Waals surface area contributed by atoms with Crippen LogP contribution in [0.15, 0.2) is 30.3 Å². The standard InChI is InChI=1S/C17H25N3O3S/c1-24-10-7-15(18)17(22)19-13-11-16(21)20(12-13)8-9-23-14-5-3-2-4-6-14/h2-6,13,15H,7-12,18H2,1H3,(H,19,22)/t13?,15-/m0/s1. The number of carbonyl (C=O) groups is 2. The summed E-state index contributed by atoms with van der Waals surface area (Å²) in [5.41, 5.74) is 5.85. The lowest BCUT2D eigenvalue weighted by molar-refractivity contribution is -0.128. The van der Waals surface area contributed by atoms with Gasteiger partial charge in [-0.1, -0.05) is 18.2 Å². The maximum Gasteiger partial charge on any atom is 0.237 e. The van der Waals surface area contributed by atoms with Crippen LogP contribution in [0.5, 0.6) is 5.75 Å². The van der Waals surface area contributed by atoms with Crippen molar-refractivity contribution in [3.8, 4) is 5.75 Å². The molecule has 1 fully saturated rings. The third-order valence-corrected chi connectivity index (χ3v) is 4.55. The second-order valence-electron chi connectivity index (χ2n) is 5.80. The van der Waals surface area contributed by atoms with Crippen LogP contribution in [0.4, 0.5) is 0 Å². The van der Waals surface area contributed by atoms with Crippen molar-refractivity contribution in [2.24, 2.45) is 5.73 Å². The number of likely N-dealkylation sites (tertiary alicyclic amines) is 1. The normalized spacial score (nSPS) is 18.5. The number of benzene rings is 1. The predicted octanol–water partition coefficient (Wildman–Crippen LogP) is 0.863. The van der Waals surface area contributed by atoms with Crippen molar-refractivity contribution in [3.05, 3.63) is 30.3 Å². The van der Waals surface area contributed by atoms with E-state index in [0.29, 0.717) is 32.5 Å². The average molecular weight is 351 g/mol. The number of hydrogen-bond acceptors (Lipinski definition) is 5. The molecule has 0 aliphatic carbocycles. The molecule has 1 saturated heterocycles. The zero-order chi connectivity index (χ0) is 17.4. The van der Waals surface area contributed by atoms with Crippen LogP contribution in [-0.2, 0) is 9.59 Å². The van der Waals surface area contributed by atoms with E-state index in [0.717, 1.165) is 11.5 Å². The van der Waals surface area contributed by atoms with Crippen molar-refractivity contribution in [2.75, 3.05) is 31.7 Å². The molecule has 7 heteroatoms. The number of nitrogens with two attached hydrogens (primary N) is 1. The van der Waals surface area contributed by atoms with Gasteiger partial charge in [0.2, 0.25) is 11.8 Å². The van der Waals surface area contributed by atoms with Gasteiger partial charge < -0.3 is 20.7 Å². The SMILES string of the molecule is CSCC[C@H](N)C(=O)NC1CC(=O)N(CCOc2ccccc2)C1. The minimum Gasteiger partial charge on any atom is -0.492 e. The molecule has 2 amide bonds. The van der Waals surface area contributed by atoms with Gasteiger partial charge >= 0.3 is 0 Å². The van der Waals surface area contributed by atoms with Gasteiger partial charge in [0.05, 0.1) is 18.6 Å². The number of thioether (sulfide) groups is 1. The minimum atomic E-state index is -0.511. The van der Waals surface area contributed by atoms with Gasteiger partial charge in [0.25, 0.3) is 0 Å². The van der Waals surface area contributed by atoms with E-state index in [2.05, 4.69) is 5.32 Å². The van der Waals surface area contributed by atoms with Gasteiger partial charge in [-0.05, 0) is 30.6 Å². The molecule has 1 heterocycles. The first-order valence-electron chi connectivity index (χ1n) is 8.10. The number of para-hydroxylation sites is 1. The highest BCUT2D eigenvalue weighted by Crippen LogP contribution is 2.13. The van der Waals surface area contributed by atoms with E-state index in [9.17, 15) is 9.59 Å². The van der Waals surface area contributed by atoms with Crippen LogP contribution < -0.4 is 15.8 Å². The van der Waals surface area contributed by atoms with Crippen LogP contribution in [-0.4, -0.2) is 60.5 Å². The highest BCUT2D eigenvalue weighted by molar-refractivity contribution is 7.98. The van der Waals surface area contributed by atoms with E-state index in [1.165, 1.54) is 0 Å². The van der Waals surface area contributed by atoms with E-state index >= 15 is 0 Å². The smallest absolute Gasteiger partial charge is 0.237 e. The molecule has 0 aromatic heterocycles. The Morgan fingerprint density at radius 2 is 2.21 bits per heavy atom. The summed E-state index contributed by atoms with van der Waals surface area (Å²) in [6.07, 6.45) is 2.95. The molecule has 6 nitrogen and oxygen atoms in total. The zero-order valence-electron chi connectivity index (χ0n) is 13.9. The molecule has 1 unspecified atom stereocenters. The maximum absolute atomic E-state index is 12.0. The Kier molecular flexibility index (Phi) is 7.39. The monoisotopic (exact) mass is 351 g/mol. The number of amides is 2. The molecule has 0 radical (unpaired) electrons.